The maximum absolute atomic E-state index is 14.0. The van der Waals surface area contributed by atoms with Crippen molar-refractivity contribution >= 4 is 29.2 Å². The molecule has 2 amide bonds. The zero-order valence-corrected chi connectivity index (χ0v) is 24.0. The van der Waals surface area contributed by atoms with Gasteiger partial charge in [0.15, 0.2) is 17.6 Å². The number of para-hydroxylation sites is 1. The van der Waals surface area contributed by atoms with Gasteiger partial charge in [0.1, 0.15) is 17.5 Å². The monoisotopic (exact) mass is 596 g/mol. The number of anilines is 2. The molecule has 0 aromatic heterocycles. The number of methoxy groups -OCH3 is 1. The fraction of sp³-hybridized carbons (Fsp3) is 0.206. The molecule has 2 aliphatic heterocycles. The van der Waals surface area contributed by atoms with E-state index >= 15 is 0 Å². The van der Waals surface area contributed by atoms with Crippen LogP contribution in [0.15, 0.2) is 97.1 Å². The van der Waals surface area contributed by atoms with E-state index in [0.717, 1.165) is 11.3 Å². The van der Waals surface area contributed by atoms with Gasteiger partial charge in [-0.1, -0.05) is 31.2 Å². The number of hydroxylamine groups is 1. The second-order valence-electron chi connectivity index (χ2n) is 10.3. The number of esters is 1. The molecule has 4 aromatic rings. The Morgan fingerprint density at radius 3 is 2.27 bits per heavy atom. The first-order valence-electron chi connectivity index (χ1n) is 14.2. The molecule has 0 aliphatic carbocycles. The summed E-state index contributed by atoms with van der Waals surface area (Å²) in [4.78, 5) is 47.8. The van der Waals surface area contributed by atoms with Crippen molar-refractivity contribution in [2.75, 3.05) is 23.7 Å². The summed E-state index contributed by atoms with van der Waals surface area (Å²) in [5, 5.41) is 1.57. The third kappa shape index (κ3) is 5.35. The summed E-state index contributed by atoms with van der Waals surface area (Å²) in [6.45, 7) is 2.57. The quantitative estimate of drug-likeness (QED) is 0.134. The van der Waals surface area contributed by atoms with Gasteiger partial charge in [0, 0.05) is 0 Å². The second-order valence-corrected chi connectivity index (χ2v) is 10.3. The van der Waals surface area contributed by atoms with E-state index in [0.29, 0.717) is 29.3 Å². The number of nitrogens with zero attached hydrogens (tertiary/aromatic N) is 2. The summed E-state index contributed by atoms with van der Waals surface area (Å²) in [6, 6.07) is 25.2. The molecule has 4 aromatic carbocycles. The van der Waals surface area contributed by atoms with E-state index in [1.54, 1.807) is 47.5 Å². The SMILES string of the molecule is CCCOc1ccc(N2C(=O)[C@H]3[C@@H](c4ccc(OC(=O)c5ccc(F)cc5)c(OC)c4)N(c4ccccc4)O[C@H]3C2=O)cc1. The standard InChI is InChI=1S/C34H29FN2O7/c1-3-19-42-26-16-14-24(15-17-26)36-32(38)29-30(37(44-31(29)33(36)39)25-7-5-4-6-8-25)22-11-18-27(28(20-22)41-2)43-34(40)21-9-12-23(35)13-10-21/h4-18,20,29-31H,3,19H2,1-2H3/t29-,30+,31+/m0/s1. The van der Waals surface area contributed by atoms with Crippen molar-refractivity contribution in [3.05, 3.63) is 114 Å². The maximum Gasteiger partial charge on any atom is 0.343 e. The molecule has 0 radical (unpaired) electrons. The molecule has 2 heterocycles. The number of carbonyl (C=O) groups is 3. The number of imide groups is 1. The van der Waals surface area contributed by atoms with Crippen LogP contribution in [-0.2, 0) is 14.4 Å². The number of rotatable bonds is 9. The van der Waals surface area contributed by atoms with Crippen LogP contribution in [0.4, 0.5) is 15.8 Å². The molecule has 9 nitrogen and oxygen atoms in total. The molecule has 44 heavy (non-hydrogen) atoms. The lowest BCUT2D eigenvalue weighted by Gasteiger charge is -2.29. The molecule has 2 fully saturated rings. The predicted octanol–water partition coefficient (Wildman–Crippen LogP) is 5.89. The fourth-order valence-electron chi connectivity index (χ4n) is 5.42. The average molecular weight is 597 g/mol. The lowest BCUT2D eigenvalue weighted by atomic mass is 9.90. The Morgan fingerprint density at radius 2 is 1.59 bits per heavy atom. The van der Waals surface area contributed by atoms with Crippen LogP contribution >= 0.6 is 0 Å². The topological polar surface area (TPSA) is 94.6 Å². The Hall–Kier alpha value is -5.22. The Labute approximate surface area is 253 Å². The molecule has 6 rings (SSSR count). The molecule has 0 N–H and O–H groups in total. The van der Waals surface area contributed by atoms with Crippen LogP contribution in [0, 0.1) is 11.7 Å². The van der Waals surface area contributed by atoms with Crippen molar-refractivity contribution in [3.63, 3.8) is 0 Å². The van der Waals surface area contributed by atoms with Crippen LogP contribution in [0.25, 0.3) is 0 Å². The van der Waals surface area contributed by atoms with E-state index in [-0.39, 0.29) is 17.1 Å². The zero-order valence-electron chi connectivity index (χ0n) is 24.0. The van der Waals surface area contributed by atoms with Gasteiger partial charge in [-0.05, 0) is 84.8 Å². The van der Waals surface area contributed by atoms with Crippen molar-refractivity contribution in [2.45, 2.75) is 25.5 Å². The molecule has 2 aliphatic rings. The van der Waals surface area contributed by atoms with Crippen LogP contribution in [-0.4, -0.2) is 37.6 Å². The highest BCUT2D eigenvalue weighted by Crippen LogP contribution is 2.48. The smallest absolute Gasteiger partial charge is 0.343 e. The first-order valence-corrected chi connectivity index (χ1v) is 14.2. The molecule has 0 spiro atoms. The van der Waals surface area contributed by atoms with Crippen LogP contribution in [0.1, 0.15) is 35.3 Å². The Morgan fingerprint density at radius 1 is 0.864 bits per heavy atom. The first kappa shape index (κ1) is 28.9. The van der Waals surface area contributed by atoms with Gasteiger partial charge in [0.05, 0.1) is 36.7 Å². The van der Waals surface area contributed by atoms with Gasteiger partial charge < -0.3 is 14.2 Å². The van der Waals surface area contributed by atoms with Gasteiger partial charge in [-0.25, -0.2) is 19.1 Å². The van der Waals surface area contributed by atoms with E-state index in [1.165, 1.54) is 31.4 Å². The maximum atomic E-state index is 14.0. The van der Waals surface area contributed by atoms with E-state index in [9.17, 15) is 18.8 Å². The molecule has 10 heteroatoms. The number of carbonyl (C=O) groups excluding carboxylic acids is 3. The summed E-state index contributed by atoms with van der Waals surface area (Å²) >= 11 is 0. The summed E-state index contributed by atoms with van der Waals surface area (Å²) in [6.07, 6.45) is -0.210. The summed E-state index contributed by atoms with van der Waals surface area (Å²) < 4.78 is 30.1. The minimum absolute atomic E-state index is 0.133. The van der Waals surface area contributed by atoms with Gasteiger partial charge in [0.25, 0.3) is 5.91 Å². The van der Waals surface area contributed by atoms with Gasteiger partial charge in [-0.3, -0.25) is 14.4 Å². The lowest BCUT2D eigenvalue weighted by molar-refractivity contribution is -0.126. The zero-order chi connectivity index (χ0) is 30.8. The van der Waals surface area contributed by atoms with E-state index in [4.69, 9.17) is 19.0 Å². The van der Waals surface area contributed by atoms with Gasteiger partial charge in [-0.15, -0.1) is 0 Å². The van der Waals surface area contributed by atoms with Crippen molar-refractivity contribution in [1.82, 2.24) is 0 Å². The molecule has 0 bridgehead atoms. The highest BCUT2D eigenvalue weighted by Gasteiger charge is 2.60. The predicted molar refractivity (Wildman–Crippen MR) is 159 cm³/mol. The molecule has 0 saturated carbocycles. The Kier molecular flexibility index (Phi) is 7.99. The summed E-state index contributed by atoms with van der Waals surface area (Å²) in [5.74, 6) is -1.91. The van der Waals surface area contributed by atoms with Crippen molar-refractivity contribution in [1.29, 1.82) is 0 Å². The molecule has 0 unspecified atom stereocenters. The van der Waals surface area contributed by atoms with Gasteiger partial charge >= 0.3 is 5.97 Å². The van der Waals surface area contributed by atoms with E-state index in [2.05, 4.69) is 0 Å². The average Bonchev–Trinajstić information content (AvgIpc) is 3.56. The molecule has 3 atom stereocenters. The van der Waals surface area contributed by atoms with E-state index in [1.807, 2.05) is 37.3 Å². The van der Waals surface area contributed by atoms with Crippen LogP contribution in [0.3, 0.4) is 0 Å². The highest BCUT2D eigenvalue weighted by molar-refractivity contribution is 6.24. The number of hydrogen-bond donors (Lipinski definition) is 0. The van der Waals surface area contributed by atoms with Crippen LogP contribution < -0.4 is 24.2 Å². The number of fused-ring (bicyclic) bond motifs is 1. The summed E-state index contributed by atoms with van der Waals surface area (Å²) in [7, 11) is 1.43. The largest absolute Gasteiger partial charge is 0.494 e. The molecular formula is C34H29FN2O7. The minimum Gasteiger partial charge on any atom is -0.494 e. The normalized spacial score (nSPS) is 19.2. The van der Waals surface area contributed by atoms with Gasteiger partial charge in [-0.2, -0.15) is 0 Å². The molecule has 224 valence electrons. The number of benzene rings is 4. The third-order valence-electron chi connectivity index (χ3n) is 7.51. The number of hydrogen-bond acceptors (Lipinski definition) is 8. The number of halogens is 1. The lowest BCUT2D eigenvalue weighted by Crippen LogP contribution is -2.37. The number of ether oxygens (including phenoxy) is 3. The highest BCUT2D eigenvalue weighted by atomic mass is 19.1. The van der Waals surface area contributed by atoms with Crippen LogP contribution in [0.2, 0.25) is 0 Å². The molecular weight excluding hydrogens is 567 g/mol. The van der Waals surface area contributed by atoms with Crippen molar-refractivity contribution in [3.8, 4) is 17.2 Å². The second kappa shape index (κ2) is 12.2. The first-order chi connectivity index (χ1) is 21.4. The molecule has 2 saturated heterocycles. The summed E-state index contributed by atoms with van der Waals surface area (Å²) in [5.41, 5.74) is 1.85. The van der Waals surface area contributed by atoms with E-state index < -0.39 is 41.7 Å². The van der Waals surface area contributed by atoms with Crippen molar-refractivity contribution in [2.24, 2.45) is 5.92 Å². The van der Waals surface area contributed by atoms with Crippen molar-refractivity contribution < 1.29 is 37.8 Å². The van der Waals surface area contributed by atoms with Gasteiger partial charge in [0.2, 0.25) is 5.91 Å². The fourth-order valence-corrected chi connectivity index (χ4v) is 5.42. The minimum atomic E-state index is -1.06. The Bertz CT molecular complexity index is 1680. The Balaban J connectivity index is 1.33. The van der Waals surface area contributed by atoms with Crippen LogP contribution in [0.5, 0.6) is 17.2 Å². The third-order valence-corrected chi connectivity index (χ3v) is 7.51. The number of amides is 2.